The van der Waals surface area contributed by atoms with Gasteiger partial charge in [-0.15, -0.1) is 0 Å². The van der Waals surface area contributed by atoms with E-state index in [1.807, 2.05) is 0 Å². The fraction of sp³-hybridized carbons (Fsp3) is 0.250. The summed E-state index contributed by atoms with van der Waals surface area (Å²) in [7, 11) is 0. The Balaban J connectivity index is 2.17. The van der Waals surface area contributed by atoms with Crippen molar-refractivity contribution in [1.82, 2.24) is 10.3 Å². The number of aryl methyl sites for hydroxylation is 1. The van der Waals surface area contributed by atoms with Crippen LogP contribution in [-0.4, -0.2) is 15.8 Å². The largest absolute Gasteiger partial charge is 0.416 e. The van der Waals surface area contributed by atoms with Gasteiger partial charge < -0.3 is 5.32 Å². The topological polar surface area (TPSA) is 85.1 Å². The first-order valence-electron chi connectivity index (χ1n) is 7.18. The lowest BCUT2D eigenvalue weighted by Gasteiger charge is -2.16. The lowest BCUT2D eigenvalue weighted by atomic mass is 10.0. The van der Waals surface area contributed by atoms with Crippen molar-refractivity contribution < 1.29 is 22.9 Å². The normalized spacial score (nSPS) is 12.5. The second-order valence-corrected chi connectivity index (χ2v) is 5.40. The Morgan fingerprint density at radius 1 is 1.28 bits per heavy atom. The van der Waals surface area contributed by atoms with Crippen LogP contribution in [0.5, 0.6) is 0 Å². The summed E-state index contributed by atoms with van der Waals surface area (Å²) in [6.45, 7) is 3.13. The summed E-state index contributed by atoms with van der Waals surface area (Å²) in [5, 5.41) is 13.4. The minimum Gasteiger partial charge on any atom is -0.345 e. The van der Waals surface area contributed by atoms with Crippen LogP contribution in [0, 0.1) is 17.0 Å². The van der Waals surface area contributed by atoms with Crippen LogP contribution in [0.4, 0.5) is 18.9 Å². The van der Waals surface area contributed by atoms with Gasteiger partial charge in [-0.05, 0) is 31.5 Å². The van der Waals surface area contributed by atoms with Gasteiger partial charge in [-0.1, -0.05) is 12.1 Å². The molecular weight excluding hydrogens is 339 g/mol. The van der Waals surface area contributed by atoms with Crippen molar-refractivity contribution in [2.75, 3.05) is 0 Å². The average molecular weight is 353 g/mol. The Hall–Kier alpha value is -2.97. The van der Waals surface area contributed by atoms with Crippen molar-refractivity contribution in [3.8, 4) is 0 Å². The lowest BCUT2D eigenvalue weighted by Crippen LogP contribution is -2.27. The molecule has 0 radical (unpaired) electrons. The summed E-state index contributed by atoms with van der Waals surface area (Å²) in [4.78, 5) is 26.2. The number of aromatic nitrogens is 1. The zero-order chi connectivity index (χ0) is 18.8. The van der Waals surface area contributed by atoms with Gasteiger partial charge in [0.2, 0.25) is 0 Å². The first-order chi connectivity index (χ1) is 11.6. The Labute approximate surface area is 140 Å². The molecule has 0 aliphatic carbocycles. The van der Waals surface area contributed by atoms with E-state index in [4.69, 9.17) is 0 Å². The molecule has 1 heterocycles. The SMILES string of the molecule is Cc1ncc([N+](=O)[O-])cc1C(=O)N[C@@H](C)c1ccc(C(F)(F)F)cc1. The fourth-order valence-electron chi connectivity index (χ4n) is 2.17. The number of pyridine rings is 1. The maximum absolute atomic E-state index is 12.6. The molecule has 0 bridgehead atoms. The molecule has 132 valence electrons. The molecule has 9 heteroatoms. The zero-order valence-electron chi connectivity index (χ0n) is 13.3. The van der Waals surface area contributed by atoms with Crippen LogP contribution in [0.3, 0.4) is 0 Å². The van der Waals surface area contributed by atoms with Crippen molar-refractivity contribution in [1.29, 1.82) is 0 Å². The highest BCUT2D eigenvalue weighted by atomic mass is 19.4. The average Bonchev–Trinajstić information content (AvgIpc) is 2.54. The maximum atomic E-state index is 12.6. The summed E-state index contributed by atoms with van der Waals surface area (Å²) in [6.07, 6.45) is -3.39. The minimum atomic E-state index is -4.43. The number of nitro groups is 1. The standard InChI is InChI=1S/C16H14F3N3O3/c1-9(11-3-5-12(6-4-11)16(17,18)19)21-15(23)14-7-13(22(24)25)8-20-10(14)2/h3-9H,1-2H3,(H,21,23)/t9-/m0/s1. The van der Waals surface area contributed by atoms with Crippen molar-refractivity contribution in [2.24, 2.45) is 0 Å². The highest BCUT2D eigenvalue weighted by molar-refractivity contribution is 5.96. The monoisotopic (exact) mass is 353 g/mol. The first-order valence-corrected chi connectivity index (χ1v) is 7.18. The molecule has 0 saturated carbocycles. The maximum Gasteiger partial charge on any atom is 0.416 e. The van der Waals surface area contributed by atoms with Crippen molar-refractivity contribution >= 4 is 11.6 Å². The Kier molecular flexibility index (Phi) is 5.05. The molecule has 0 unspecified atom stereocenters. The number of nitrogens with one attached hydrogen (secondary N) is 1. The lowest BCUT2D eigenvalue weighted by molar-refractivity contribution is -0.385. The molecular formula is C16H14F3N3O3. The van der Waals surface area contributed by atoms with Gasteiger partial charge in [0.25, 0.3) is 11.6 Å². The fourth-order valence-corrected chi connectivity index (χ4v) is 2.17. The van der Waals surface area contributed by atoms with Gasteiger partial charge >= 0.3 is 6.18 Å². The number of amides is 1. The van der Waals surface area contributed by atoms with Gasteiger partial charge in [-0.2, -0.15) is 13.2 Å². The smallest absolute Gasteiger partial charge is 0.345 e. The van der Waals surface area contributed by atoms with E-state index in [0.29, 0.717) is 11.3 Å². The molecule has 6 nitrogen and oxygen atoms in total. The van der Waals surface area contributed by atoms with Gasteiger partial charge in [-0.3, -0.25) is 19.9 Å². The number of carbonyl (C=O) groups excluding carboxylic acids is 1. The van der Waals surface area contributed by atoms with Gasteiger partial charge in [0.05, 0.1) is 27.8 Å². The Morgan fingerprint density at radius 3 is 2.40 bits per heavy atom. The molecule has 0 saturated heterocycles. The van der Waals surface area contributed by atoms with Crippen LogP contribution >= 0.6 is 0 Å². The number of nitrogens with zero attached hydrogens (tertiary/aromatic N) is 2. The number of benzene rings is 1. The number of alkyl halides is 3. The van der Waals surface area contributed by atoms with Crippen LogP contribution in [0.1, 0.15) is 40.1 Å². The molecule has 0 aliphatic rings. The van der Waals surface area contributed by atoms with Crippen molar-refractivity contribution in [3.05, 3.63) is 69.0 Å². The van der Waals surface area contributed by atoms with Crippen LogP contribution in [0.15, 0.2) is 36.5 Å². The van der Waals surface area contributed by atoms with E-state index < -0.39 is 28.6 Å². The van der Waals surface area contributed by atoms with Crippen LogP contribution in [0.2, 0.25) is 0 Å². The van der Waals surface area contributed by atoms with E-state index in [-0.39, 0.29) is 11.3 Å². The number of hydrogen-bond donors (Lipinski definition) is 1. The Bertz CT molecular complexity index is 805. The van der Waals surface area contributed by atoms with E-state index in [0.717, 1.165) is 24.4 Å². The third-order valence-corrected chi connectivity index (χ3v) is 3.61. The molecule has 0 spiro atoms. The molecule has 1 aromatic carbocycles. The minimum absolute atomic E-state index is 0.0351. The third kappa shape index (κ3) is 4.31. The third-order valence-electron chi connectivity index (χ3n) is 3.61. The van der Waals surface area contributed by atoms with Gasteiger partial charge in [0.15, 0.2) is 0 Å². The van der Waals surface area contributed by atoms with Crippen molar-refractivity contribution in [3.63, 3.8) is 0 Å². The number of halogens is 3. The van der Waals surface area contributed by atoms with Gasteiger partial charge in [-0.25, -0.2) is 0 Å². The molecule has 1 amide bonds. The highest BCUT2D eigenvalue weighted by Gasteiger charge is 2.30. The molecule has 1 N–H and O–H groups in total. The predicted octanol–water partition coefficient (Wildman–Crippen LogP) is 3.81. The summed E-state index contributed by atoms with van der Waals surface area (Å²) in [6, 6.07) is 4.92. The van der Waals surface area contributed by atoms with E-state index >= 15 is 0 Å². The predicted molar refractivity (Wildman–Crippen MR) is 83.0 cm³/mol. The van der Waals surface area contributed by atoms with Crippen LogP contribution in [-0.2, 0) is 6.18 Å². The number of rotatable bonds is 4. The van der Waals surface area contributed by atoms with Gasteiger partial charge in [0.1, 0.15) is 6.20 Å². The summed E-state index contributed by atoms with van der Waals surface area (Å²) in [5.41, 5.74) is -0.292. The molecule has 1 aromatic heterocycles. The summed E-state index contributed by atoms with van der Waals surface area (Å²) < 4.78 is 37.7. The number of hydrogen-bond acceptors (Lipinski definition) is 4. The summed E-state index contributed by atoms with van der Waals surface area (Å²) in [5.74, 6) is -0.596. The molecule has 2 rings (SSSR count). The van der Waals surface area contributed by atoms with Crippen LogP contribution in [0.25, 0.3) is 0 Å². The van der Waals surface area contributed by atoms with Crippen molar-refractivity contribution in [2.45, 2.75) is 26.1 Å². The highest BCUT2D eigenvalue weighted by Crippen LogP contribution is 2.30. The molecule has 25 heavy (non-hydrogen) atoms. The zero-order valence-corrected chi connectivity index (χ0v) is 13.3. The summed E-state index contributed by atoms with van der Waals surface area (Å²) >= 11 is 0. The van der Waals surface area contributed by atoms with Crippen LogP contribution < -0.4 is 5.32 Å². The van der Waals surface area contributed by atoms with E-state index in [1.54, 1.807) is 6.92 Å². The van der Waals surface area contributed by atoms with E-state index in [1.165, 1.54) is 19.1 Å². The molecule has 0 aliphatic heterocycles. The number of carbonyl (C=O) groups is 1. The molecule has 2 aromatic rings. The van der Waals surface area contributed by atoms with Gasteiger partial charge in [0, 0.05) is 6.07 Å². The second-order valence-electron chi connectivity index (χ2n) is 5.40. The van der Waals surface area contributed by atoms with E-state index in [2.05, 4.69) is 10.3 Å². The van der Waals surface area contributed by atoms with E-state index in [9.17, 15) is 28.1 Å². The molecule has 1 atom stereocenters. The second kappa shape index (κ2) is 6.88. The quantitative estimate of drug-likeness (QED) is 0.669. The molecule has 0 fully saturated rings. The first kappa shape index (κ1) is 18.4. The Morgan fingerprint density at radius 2 is 1.88 bits per heavy atom.